The molecule has 1 aliphatic heterocycles. The first-order chi connectivity index (χ1) is 9.99. The van der Waals surface area contributed by atoms with Crippen molar-refractivity contribution in [2.45, 2.75) is 52.6 Å². The van der Waals surface area contributed by atoms with Crippen LogP contribution in [0.3, 0.4) is 0 Å². The highest BCUT2D eigenvalue weighted by Crippen LogP contribution is 2.30. The summed E-state index contributed by atoms with van der Waals surface area (Å²) in [5, 5.41) is 3.22. The van der Waals surface area contributed by atoms with Gasteiger partial charge < -0.3 is 10.2 Å². The zero-order chi connectivity index (χ0) is 15.4. The Labute approximate surface area is 126 Å². The lowest BCUT2D eigenvalue weighted by atomic mass is 10.0. The van der Waals surface area contributed by atoms with Crippen LogP contribution < -0.4 is 10.2 Å². The highest BCUT2D eigenvalue weighted by atomic mass is 19.1. The summed E-state index contributed by atoms with van der Waals surface area (Å²) in [5.41, 5.74) is 0.814. The van der Waals surface area contributed by atoms with Crippen LogP contribution in [0.5, 0.6) is 0 Å². The first-order valence-corrected chi connectivity index (χ1v) is 7.94. The van der Waals surface area contributed by atoms with Crippen molar-refractivity contribution in [3.05, 3.63) is 29.3 Å². The molecule has 1 unspecified atom stereocenters. The number of hydrogen-bond donors (Lipinski definition) is 1. The van der Waals surface area contributed by atoms with E-state index in [4.69, 9.17) is 0 Å². The van der Waals surface area contributed by atoms with Gasteiger partial charge in [-0.15, -0.1) is 0 Å². The van der Waals surface area contributed by atoms with Gasteiger partial charge in [0.1, 0.15) is 17.3 Å². The van der Waals surface area contributed by atoms with E-state index in [1.54, 1.807) is 0 Å². The van der Waals surface area contributed by atoms with E-state index in [1.807, 2.05) is 11.8 Å². The Balaban J connectivity index is 2.13. The predicted octanol–water partition coefficient (Wildman–Crippen LogP) is 4.09. The fourth-order valence-corrected chi connectivity index (χ4v) is 2.93. The second-order valence-corrected chi connectivity index (χ2v) is 6.47. The highest BCUT2D eigenvalue weighted by Gasteiger charge is 2.24. The van der Waals surface area contributed by atoms with Crippen molar-refractivity contribution in [3.8, 4) is 0 Å². The van der Waals surface area contributed by atoms with Crippen LogP contribution in [-0.4, -0.2) is 19.1 Å². The minimum atomic E-state index is -0.440. The molecule has 1 aromatic rings. The third-order valence-corrected chi connectivity index (χ3v) is 4.05. The third kappa shape index (κ3) is 4.16. The molecule has 1 N–H and O–H groups in total. The highest BCUT2D eigenvalue weighted by molar-refractivity contribution is 5.51. The first kappa shape index (κ1) is 16.2. The van der Waals surface area contributed by atoms with Crippen molar-refractivity contribution in [1.29, 1.82) is 0 Å². The minimum Gasteiger partial charge on any atom is -0.364 e. The summed E-state index contributed by atoms with van der Waals surface area (Å²) >= 11 is 0. The lowest BCUT2D eigenvalue weighted by Gasteiger charge is -2.35. The first-order valence-electron chi connectivity index (χ1n) is 7.94. The van der Waals surface area contributed by atoms with Crippen molar-refractivity contribution in [2.24, 2.45) is 5.92 Å². The number of rotatable bonds is 5. The smallest absolute Gasteiger partial charge is 0.149 e. The van der Waals surface area contributed by atoms with Gasteiger partial charge in [0.2, 0.25) is 0 Å². The Morgan fingerprint density at radius 2 is 1.90 bits per heavy atom. The fourth-order valence-electron chi connectivity index (χ4n) is 2.93. The molecule has 118 valence electrons. The summed E-state index contributed by atoms with van der Waals surface area (Å²) in [5.74, 6) is -0.358. The van der Waals surface area contributed by atoms with Crippen molar-refractivity contribution in [1.82, 2.24) is 5.32 Å². The number of nitrogens with zero attached hydrogens (tertiary/aromatic N) is 1. The molecular formula is C17H26F2N2. The SMILES string of the molecule is CC(C)CNCc1cc(F)c(N2CCCCC2C)c(F)c1. The normalized spacial score (nSPS) is 19.3. The van der Waals surface area contributed by atoms with Crippen LogP contribution in [0.25, 0.3) is 0 Å². The quantitative estimate of drug-likeness (QED) is 0.880. The average Bonchev–Trinajstić information content (AvgIpc) is 2.39. The largest absolute Gasteiger partial charge is 0.364 e. The van der Waals surface area contributed by atoms with Gasteiger partial charge in [0.25, 0.3) is 0 Å². The van der Waals surface area contributed by atoms with Crippen LogP contribution in [0.1, 0.15) is 45.6 Å². The number of halogens is 2. The molecule has 4 heteroatoms. The van der Waals surface area contributed by atoms with Gasteiger partial charge in [0.05, 0.1) is 0 Å². The molecule has 0 aromatic heterocycles. The third-order valence-electron chi connectivity index (χ3n) is 4.05. The van der Waals surface area contributed by atoms with E-state index in [-0.39, 0.29) is 11.7 Å². The zero-order valence-corrected chi connectivity index (χ0v) is 13.3. The molecule has 21 heavy (non-hydrogen) atoms. The van der Waals surface area contributed by atoms with E-state index < -0.39 is 11.6 Å². The van der Waals surface area contributed by atoms with Crippen LogP contribution in [-0.2, 0) is 6.54 Å². The summed E-state index contributed by atoms with van der Waals surface area (Å²) in [4.78, 5) is 1.87. The molecule has 0 amide bonds. The minimum absolute atomic E-state index is 0.148. The van der Waals surface area contributed by atoms with E-state index in [9.17, 15) is 8.78 Å². The Bertz CT molecular complexity index is 451. The molecule has 0 saturated carbocycles. The molecule has 2 nitrogen and oxygen atoms in total. The maximum absolute atomic E-state index is 14.3. The van der Waals surface area contributed by atoms with Crippen LogP contribution in [0.15, 0.2) is 12.1 Å². The zero-order valence-electron chi connectivity index (χ0n) is 13.3. The van der Waals surface area contributed by atoms with Gasteiger partial charge in [-0.3, -0.25) is 0 Å². The molecule has 1 atom stereocenters. The van der Waals surface area contributed by atoms with Gasteiger partial charge in [0, 0.05) is 19.1 Å². The molecule has 0 bridgehead atoms. The van der Waals surface area contributed by atoms with Gasteiger partial charge in [0.15, 0.2) is 0 Å². The molecule has 0 spiro atoms. The van der Waals surface area contributed by atoms with Crippen LogP contribution in [0, 0.1) is 17.6 Å². The molecule has 2 rings (SSSR count). The van der Waals surface area contributed by atoms with Gasteiger partial charge in [-0.2, -0.15) is 0 Å². The van der Waals surface area contributed by atoms with Crippen LogP contribution >= 0.6 is 0 Å². The summed E-state index contributed by atoms with van der Waals surface area (Å²) in [6.45, 7) is 8.33. The summed E-state index contributed by atoms with van der Waals surface area (Å²) in [6, 6.07) is 3.13. The molecule has 1 fully saturated rings. The van der Waals surface area contributed by atoms with Gasteiger partial charge >= 0.3 is 0 Å². The maximum Gasteiger partial charge on any atom is 0.149 e. The maximum atomic E-state index is 14.3. The van der Waals surface area contributed by atoms with E-state index in [1.165, 1.54) is 12.1 Å². The van der Waals surface area contributed by atoms with Gasteiger partial charge in [-0.25, -0.2) is 8.78 Å². The monoisotopic (exact) mass is 296 g/mol. The van der Waals surface area contributed by atoms with Crippen molar-refractivity contribution in [2.75, 3.05) is 18.0 Å². The fraction of sp³-hybridized carbons (Fsp3) is 0.647. The standard InChI is InChI=1S/C17H26F2N2/c1-12(2)10-20-11-14-8-15(18)17(16(19)9-14)21-7-5-4-6-13(21)3/h8-9,12-13,20H,4-7,10-11H2,1-3H3. The summed E-state index contributed by atoms with van der Waals surface area (Å²) in [6.07, 6.45) is 3.13. The Morgan fingerprint density at radius 1 is 1.24 bits per heavy atom. The average molecular weight is 296 g/mol. The second-order valence-electron chi connectivity index (χ2n) is 6.47. The lowest BCUT2D eigenvalue weighted by Crippen LogP contribution is -2.38. The van der Waals surface area contributed by atoms with Crippen molar-refractivity contribution < 1.29 is 8.78 Å². The number of anilines is 1. The second kappa shape index (κ2) is 7.21. The number of nitrogens with one attached hydrogen (secondary N) is 1. The molecule has 1 saturated heterocycles. The van der Waals surface area contributed by atoms with Gasteiger partial charge in [-0.1, -0.05) is 13.8 Å². The lowest BCUT2D eigenvalue weighted by molar-refractivity contribution is 0.463. The number of benzene rings is 1. The molecular weight excluding hydrogens is 270 g/mol. The Hall–Kier alpha value is -1.16. The predicted molar refractivity (Wildman–Crippen MR) is 83.6 cm³/mol. The Kier molecular flexibility index (Phi) is 5.57. The van der Waals surface area contributed by atoms with Crippen molar-refractivity contribution in [3.63, 3.8) is 0 Å². The summed E-state index contributed by atoms with van der Waals surface area (Å²) in [7, 11) is 0. The molecule has 0 aliphatic carbocycles. The molecule has 1 aliphatic rings. The topological polar surface area (TPSA) is 15.3 Å². The van der Waals surface area contributed by atoms with E-state index in [0.29, 0.717) is 18.0 Å². The van der Waals surface area contributed by atoms with E-state index in [2.05, 4.69) is 19.2 Å². The van der Waals surface area contributed by atoms with Crippen molar-refractivity contribution >= 4 is 5.69 Å². The summed E-state index contributed by atoms with van der Waals surface area (Å²) < 4.78 is 28.7. The number of piperidine rings is 1. The molecule has 1 aromatic carbocycles. The van der Waals surface area contributed by atoms with E-state index >= 15 is 0 Å². The molecule has 0 radical (unpaired) electrons. The van der Waals surface area contributed by atoms with Crippen LogP contribution in [0.2, 0.25) is 0 Å². The van der Waals surface area contributed by atoms with E-state index in [0.717, 1.165) is 32.4 Å². The van der Waals surface area contributed by atoms with Gasteiger partial charge in [-0.05, 0) is 56.3 Å². The van der Waals surface area contributed by atoms with Crippen LogP contribution in [0.4, 0.5) is 14.5 Å². The molecule has 1 heterocycles. The number of hydrogen-bond acceptors (Lipinski definition) is 2. The Morgan fingerprint density at radius 3 is 2.48 bits per heavy atom.